The van der Waals surface area contributed by atoms with E-state index >= 15 is 0 Å². The lowest BCUT2D eigenvalue weighted by Crippen LogP contribution is -2.47. The number of benzene rings is 1. The largest absolute Gasteiger partial charge is 0.497 e. The number of hydrogen-bond donors (Lipinski definition) is 1. The first-order valence-electron chi connectivity index (χ1n) is 5.95. The second-order valence-corrected chi connectivity index (χ2v) is 5.76. The lowest BCUT2D eigenvalue weighted by atomic mass is 10.1. The summed E-state index contributed by atoms with van der Waals surface area (Å²) in [5.41, 5.74) is -0.501. The third-order valence-electron chi connectivity index (χ3n) is 2.44. The zero-order valence-electron chi connectivity index (χ0n) is 11.4. The van der Waals surface area contributed by atoms with Gasteiger partial charge in [-0.25, -0.2) is 0 Å². The molecule has 0 spiro atoms. The summed E-state index contributed by atoms with van der Waals surface area (Å²) in [5.74, 6) is 1.57. The van der Waals surface area contributed by atoms with E-state index in [1.165, 1.54) is 0 Å². The van der Waals surface area contributed by atoms with Crippen molar-refractivity contribution < 1.29 is 4.74 Å². The second kappa shape index (κ2) is 6.67. The van der Waals surface area contributed by atoms with Gasteiger partial charge in [0, 0.05) is 16.7 Å². The maximum atomic E-state index is 9.25. The van der Waals surface area contributed by atoms with Crippen LogP contribution in [0.3, 0.4) is 0 Å². The highest BCUT2D eigenvalue weighted by molar-refractivity contribution is 7.99. The average molecular weight is 264 g/mol. The Bertz CT molecular complexity index is 411. The van der Waals surface area contributed by atoms with Crippen LogP contribution in [0.25, 0.3) is 0 Å². The molecule has 98 valence electrons. The Morgan fingerprint density at radius 1 is 1.39 bits per heavy atom. The van der Waals surface area contributed by atoms with Gasteiger partial charge in [0.2, 0.25) is 0 Å². The van der Waals surface area contributed by atoms with Gasteiger partial charge in [0.05, 0.1) is 13.2 Å². The predicted octanol–water partition coefficient (Wildman–Crippen LogP) is 3.07. The molecule has 1 aromatic rings. The molecule has 0 saturated heterocycles. The molecule has 0 aliphatic rings. The van der Waals surface area contributed by atoms with Crippen molar-refractivity contribution in [1.29, 1.82) is 5.26 Å². The van der Waals surface area contributed by atoms with Crippen molar-refractivity contribution in [2.45, 2.75) is 37.2 Å². The quantitative estimate of drug-likeness (QED) is 0.802. The molecule has 1 unspecified atom stereocenters. The van der Waals surface area contributed by atoms with E-state index in [-0.39, 0.29) is 0 Å². The van der Waals surface area contributed by atoms with E-state index < -0.39 is 5.54 Å². The van der Waals surface area contributed by atoms with Gasteiger partial charge in [-0.3, -0.25) is 5.32 Å². The monoisotopic (exact) mass is 264 g/mol. The SMILES string of the molecule is COc1ccc(SCC(C)(C#N)NC(C)C)cc1. The molecule has 1 N–H and O–H groups in total. The van der Waals surface area contributed by atoms with Gasteiger partial charge in [-0.2, -0.15) is 5.26 Å². The van der Waals surface area contributed by atoms with Gasteiger partial charge in [0.25, 0.3) is 0 Å². The molecule has 0 amide bonds. The number of ether oxygens (including phenoxy) is 1. The van der Waals surface area contributed by atoms with Crippen LogP contribution in [0, 0.1) is 11.3 Å². The van der Waals surface area contributed by atoms with Gasteiger partial charge >= 0.3 is 0 Å². The molecule has 0 bridgehead atoms. The summed E-state index contributed by atoms with van der Waals surface area (Å²) in [4.78, 5) is 1.14. The van der Waals surface area contributed by atoms with Crippen molar-refractivity contribution in [3.63, 3.8) is 0 Å². The van der Waals surface area contributed by atoms with E-state index in [2.05, 4.69) is 11.4 Å². The molecule has 0 aromatic heterocycles. The van der Waals surface area contributed by atoms with Crippen molar-refractivity contribution >= 4 is 11.8 Å². The first-order valence-corrected chi connectivity index (χ1v) is 6.93. The third-order valence-corrected chi connectivity index (χ3v) is 3.77. The highest BCUT2D eigenvalue weighted by Gasteiger charge is 2.24. The molecule has 0 heterocycles. The summed E-state index contributed by atoms with van der Waals surface area (Å²) in [6.07, 6.45) is 0. The minimum atomic E-state index is -0.501. The number of nitrogens with zero attached hydrogens (tertiary/aromatic N) is 1. The summed E-state index contributed by atoms with van der Waals surface area (Å²) in [6.45, 7) is 6.03. The van der Waals surface area contributed by atoms with Crippen molar-refractivity contribution in [3.05, 3.63) is 24.3 Å². The Morgan fingerprint density at radius 2 is 2.00 bits per heavy atom. The molecule has 0 aliphatic heterocycles. The van der Waals surface area contributed by atoms with Crippen LogP contribution in [0.1, 0.15) is 20.8 Å². The Morgan fingerprint density at radius 3 is 2.44 bits per heavy atom. The van der Waals surface area contributed by atoms with Gasteiger partial charge in [-0.05, 0) is 45.0 Å². The molecular weight excluding hydrogens is 244 g/mol. The summed E-state index contributed by atoms with van der Waals surface area (Å²) in [6, 6.07) is 10.5. The number of nitrogens with one attached hydrogen (secondary N) is 1. The van der Waals surface area contributed by atoms with Crippen LogP contribution in [0.5, 0.6) is 5.75 Å². The van der Waals surface area contributed by atoms with Crippen LogP contribution in [0.2, 0.25) is 0 Å². The molecular formula is C14H20N2OS. The first kappa shape index (κ1) is 14.9. The molecule has 0 radical (unpaired) electrons. The second-order valence-electron chi connectivity index (χ2n) is 4.71. The fraction of sp³-hybridized carbons (Fsp3) is 0.500. The van der Waals surface area contributed by atoms with Crippen LogP contribution in [-0.4, -0.2) is 24.4 Å². The minimum Gasteiger partial charge on any atom is -0.497 e. The normalized spacial score (nSPS) is 14.0. The van der Waals surface area contributed by atoms with Crippen molar-refractivity contribution in [3.8, 4) is 11.8 Å². The summed E-state index contributed by atoms with van der Waals surface area (Å²) in [7, 11) is 1.65. The fourth-order valence-corrected chi connectivity index (χ4v) is 2.57. The fourth-order valence-electron chi connectivity index (χ4n) is 1.64. The van der Waals surface area contributed by atoms with Crippen LogP contribution in [-0.2, 0) is 0 Å². The van der Waals surface area contributed by atoms with E-state index in [1.807, 2.05) is 45.0 Å². The van der Waals surface area contributed by atoms with Gasteiger partial charge in [-0.1, -0.05) is 0 Å². The van der Waals surface area contributed by atoms with Crippen LogP contribution >= 0.6 is 11.8 Å². The lowest BCUT2D eigenvalue weighted by molar-refractivity contribution is 0.414. The van der Waals surface area contributed by atoms with Crippen molar-refractivity contribution in [1.82, 2.24) is 5.32 Å². The molecule has 1 aromatic carbocycles. The van der Waals surface area contributed by atoms with E-state index in [9.17, 15) is 5.26 Å². The van der Waals surface area contributed by atoms with E-state index in [0.29, 0.717) is 11.8 Å². The van der Waals surface area contributed by atoms with Crippen LogP contribution < -0.4 is 10.1 Å². The summed E-state index contributed by atoms with van der Waals surface area (Å²) in [5, 5.41) is 12.5. The van der Waals surface area contributed by atoms with Gasteiger partial charge in [0.1, 0.15) is 11.3 Å². The lowest BCUT2D eigenvalue weighted by Gasteiger charge is -2.25. The zero-order chi connectivity index (χ0) is 13.6. The highest BCUT2D eigenvalue weighted by Crippen LogP contribution is 2.24. The van der Waals surface area contributed by atoms with Gasteiger partial charge < -0.3 is 4.74 Å². The van der Waals surface area contributed by atoms with E-state index in [1.54, 1.807) is 18.9 Å². The van der Waals surface area contributed by atoms with Crippen molar-refractivity contribution in [2.24, 2.45) is 0 Å². The Kier molecular flexibility index (Phi) is 5.52. The maximum Gasteiger partial charge on any atom is 0.118 e. The molecule has 0 saturated carbocycles. The van der Waals surface area contributed by atoms with Crippen LogP contribution in [0.15, 0.2) is 29.2 Å². The van der Waals surface area contributed by atoms with Gasteiger partial charge in [-0.15, -0.1) is 11.8 Å². The standard InChI is InChI=1S/C14H20N2OS/c1-11(2)16-14(3,9-15)10-18-13-7-5-12(17-4)6-8-13/h5-8,11,16H,10H2,1-4H3. The van der Waals surface area contributed by atoms with Crippen molar-refractivity contribution in [2.75, 3.05) is 12.9 Å². The molecule has 0 aliphatic carbocycles. The van der Waals surface area contributed by atoms with E-state index in [4.69, 9.17) is 4.74 Å². The summed E-state index contributed by atoms with van der Waals surface area (Å²) < 4.78 is 5.11. The molecule has 3 nitrogen and oxygen atoms in total. The maximum absolute atomic E-state index is 9.25. The molecule has 4 heteroatoms. The Balaban J connectivity index is 2.59. The zero-order valence-corrected chi connectivity index (χ0v) is 12.2. The molecule has 18 heavy (non-hydrogen) atoms. The number of thioether (sulfide) groups is 1. The number of methoxy groups -OCH3 is 1. The van der Waals surface area contributed by atoms with Crippen LogP contribution in [0.4, 0.5) is 0 Å². The average Bonchev–Trinajstić information content (AvgIpc) is 2.36. The molecule has 1 rings (SSSR count). The first-order chi connectivity index (χ1) is 8.49. The number of hydrogen-bond acceptors (Lipinski definition) is 4. The number of nitriles is 1. The number of rotatable bonds is 6. The molecule has 1 atom stereocenters. The third kappa shape index (κ3) is 4.59. The minimum absolute atomic E-state index is 0.297. The van der Waals surface area contributed by atoms with Gasteiger partial charge in [0.15, 0.2) is 0 Å². The summed E-state index contributed by atoms with van der Waals surface area (Å²) >= 11 is 1.67. The molecule has 0 fully saturated rings. The topological polar surface area (TPSA) is 45.0 Å². The van der Waals surface area contributed by atoms with E-state index in [0.717, 1.165) is 10.6 Å². The Labute approximate surface area is 114 Å². The Hall–Kier alpha value is -1.18. The predicted molar refractivity (Wildman–Crippen MR) is 76.0 cm³/mol. The highest BCUT2D eigenvalue weighted by atomic mass is 32.2. The smallest absolute Gasteiger partial charge is 0.118 e.